The van der Waals surface area contributed by atoms with Gasteiger partial charge in [-0.15, -0.1) is 0 Å². The predicted molar refractivity (Wildman–Crippen MR) is 113 cm³/mol. The Morgan fingerprint density at radius 1 is 0.781 bits per heavy atom. The number of halogens is 4. The van der Waals surface area contributed by atoms with Crippen molar-refractivity contribution in [3.05, 3.63) is 0 Å². The summed E-state index contributed by atoms with van der Waals surface area (Å²) in [6.07, 6.45) is 1.13. The number of fused-ring (bicyclic) bond motifs is 2. The summed E-state index contributed by atoms with van der Waals surface area (Å²) in [7, 11) is 0. The first-order valence-electron chi connectivity index (χ1n) is 12.2. The number of hydrogen-bond donors (Lipinski definition) is 1. The van der Waals surface area contributed by atoms with Crippen LogP contribution in [0.25, 0.3) is 0 Å². The van der Waals surface area contributed by atoms with E-state index in [-0.39, 0.29) is 60.6 Å². The zero-order valence-electron chi connectivity index (χ0n) is 19.8. The van der Waals surface area contributed by atoms with E-state index in [2.05, 4.69) is 0 Å². The minimum atomic E-state index is -2.81. The first-order valence-corrected chi connectivity index (χ1v) is 12.2. The Hall–Kier alpha value is -0.980. The molecule has 1 N–H and O–H groups in total. The van der Waals surface area contributed by atoms with Crippen LogP contribution in [-0.2, 0) is 9.59 Å². The van der Waals surface area contributed by atoms with Crippen molar-refractivity contribution in [1.82, 2.24) is 0 Å². The molecule has 0 unspecified atom stereocenters. The third kappa shape index (κ3) is 4.27. The zero-order valence-corrected chi connectivity index (χ0v) is 19.8. The van der Waals surface area contributed by atoms with Crippen molar-refractivity contribution in [2.75, 3.05) is 6.61 Å². The van der Waals surface area contributed by atoms with Crippen LogP contribution in [0.2, 0.25) is 0 Å². The Kier molecular flexibility index (Phi) is 7.21. The minimum Gasteiger partial charge on any atom is -0.396 e. The van der Waals surface area contributed by atoms with E-state index >= 15 is 0 Å². The third-order valence-corrected chi connectivity index (χ3v) is 9.39. The highest BCUT2D eigenvalue weighted by molar-refractivity contribution is 5.84. The molecule has 32 heavy (non-hydrogen) atoms. The molecule has 0 saturated heterocycles. The van der Waals surface area contributed by atoms with E-state index < -0.39 is 35.5 Å². The van der Waals surface area contributed by atoms with Gasteiger partial charge in [-0.1, -0.05) is 41.0 Å². The summed E-state index contributed by atoms with van der Waals surface area (Å²) in [5, 5.41) is 9.30. The number of carbonyl (C=O) groups is 2. The molecule has 0 aromatic heterocycles. The summed E-state index contributed by atoms with van der Waals surface area (Å²) in [5.41, 5.74) is 0. The molecule has 0 bridgehead atoms. The Balaban J connectivity index is 0.000000181. The van der Waals surface area contributed by atoms with Gasteiger partial charge in [-0.3, -0.25) is 9.59 Å². The number of ketones is 2. The standard InChI is InChI=1S/C13H20F2O.C12H18F2O2/c1-4-9-8(3)13(14,15)6-10-11(16)5-7(2)12(9)10;1-6-3-10(16)8-4-12(13,14)7(2)9(5-15)11(6)8/h7-10,12H,4-6H2,1-3H3;6-9,11,15H,3-5H2,1-2H3/t7-,8-,9-,10-,12-;6-,7-,8-,9-,11+/m00/s1. The van der Waals surface area contributed by atoms with Gasteiger partial charge in [-0.2, -0.15) is 0 Å². The third-order valence-electron chi connectivity index (χ3n) is 9.39. The van der Waals surface area contributed by atoms with Crippen molar-refractivity contribution in [1.29, 1.82) is 0 Å². The van der Waals surface area contributed by atoms with Crippen LogP contribution in [0.5, 0.6) is 0 Å². The Labute approximate surface area is 188 Å². The second-order valence-electron chi connectivity index (χ2n) is 11.1. The van der Waals surface area contributed by atoms with Gasteiger partial charge in [-0.05, 0) is 35.5 Å². The van der Waals surface area contributed by atoms with Crippen LogP contribution in [0, 0.1) is 59.2 Å². The van der Waals surface area contributed by atoms with Crippen LogP contribution in [0.1, 0.15) is 66.7 Å². The van der Waals surface area contributed by atoms with E-state index in [0.717, 1.165) is 6.42 Å². The minimum absolute atomic E-state index is 0.00944. The van der Waals surface area contributed by atoms with Gasteiger partial charge in [0.2, 0.25) is 0 Å². The van der Waals surface area contributed by atoms with E-state index in [0.29, 0.717) is 18.8 Å². The lowest BCUT2D eigenvalue weighted by atomic mass is 9.63. The Morgan fingerprint density at radius 2 is 1.16 bits per heavy atom. The van der Waals surface area contributed by atoms with Gasteiger partial charge in [0.1, 0.15) is 11.6 Å². The van der Waals surface area contributed by atoms with E-state index in [9.17, 15) is 32.3 Å². The van der Waals surface area contributed by atoms with Gasteiger partial charge in [0.15, 0.2) is 0 Å². The van der Waals surface area contributed by atoms with Gasteiger partial charge in [-0.25, -0.2) is 17.6 Å². The van der Waals surface area contributed by atoms with Gasteiger partial charge in [0, 0.05) is 56.0 Å². The number of carbonyl (C=O) groups excluding carboxylic acids is 2. The van der Waals surface area contributed by atoms with E-state index in [1.807, 2.05) is 20.8 Å². The number of aliphatic hydroxyl groups excluding tert-OH is 1. The molecule has 4 aliphatic rings. The Morgan fingerprint density at radius 3 is 1.53 bits per heavy atom. The highest BCUT2D eigenvalue weighted by Crippen LogP contribution is 2.56. The quantitative estimate of drug-likeness (QED) is 0.541. The van der Waals surface area contributed by atoms with Crippen molar-refractivity contribution in [3.63, 3.8) is 0 Å². The lowest BCUT2D eigenvalue weighted by Gasteiger charge is -2.44. The monoisotopic (exact) mass is 462 g/mol. The van der Waals surface area contributed by atoms with Gasteiger partial charge in [0.25, 0.3) is 11.8 Å². The highest BCUT2D eigenvalue weighted by atomic mass is 19.3. The summed E-state index contributed by atoms with van der Waals surface area (Å²) in [6, 6.07) is 0. The second-order valence-corrected chi connectivity index (χ2v) is 11.1. The Bertz CT molecular complexity index is 664. The molecule has 10 atom stereocenters. The number of rotatable bonds is 2. The van der Waals surface area contributed by atoms with Crippen molar-refractivity contribution < 1.29 is 32.3 Å². The van der Waals surface area contributed by atoms with E-state index in [4.69, 9.17) is 0 Å². The number of hydrogen-bond acceptors (Lipinski definition) is 3. The molecular formula is C25H38F4O3. The first kappa shape index (κ1) is 25.6. The maximum absolute atomic E-state index is 13.8. The molecule has 0 aromatic carbocycles. The molecule has 0 aliphatic heterocycles. The molecule has 4 fully saturated rings. The maximum Gasteiger partial charge on any atom is 0.251 e. The molecule has 0 aromatic rings. The molecule has 4 aliphatic carbocycles. The fourth-order valence-electron chi connectivity index (χ4n) is 7.53. The molecule has 3 nitrogen and oxygen atoms in total. The molecule has 0 amide bonds. The summed E-state index contributed by atoms with van der Waals surface area (Å²) in [6.45, 7) is 8.85. The van der Waals surface area contributed by atoms with Crippen molar-refractivity contribution in [2.24, 2.45) is 59.2 Å². The number of alkyl halides is 4. The van der Waals surface area contributed by atoms with E-state index in [1.165, 1.54) is 6.92 Å². The molecule has 7 heteroatoms. The second kappa shape index (κ2) is 8.99. The smallest absolute Gasteiger partial charge is 0.251 e. The SMILES string of the molecule is CC[C@@H]1[C@@H]2[C@@H](C)CC(=O)[C@@H]2CC(F)(F)[C@H]1C.C[C@H]1CC(=O)[C@@H]2CC(F)(F)[C@@H](C)[C@H](CO)[C@H]12. The summed E-state index contributed by atoms with van der Waals surface area (Å²) in [4.78, 5) is 23.4. The van der Waals surface area contributed by atoms with Crippen LogP contribution >= 0.6 is 0 Å². The van der Waals surface area contributed by atoms with Gasteiger partial charge < -0.3 is 5.11 Å². The van der Waals surface area contributed by atoms with Crippen molar-refractivity contribution >= 4 is 11.6 Å². The molecule has 0 radical (unpaired) electrons. The predicted octanol–water partition coefficient (Wildman–Crippen LogP) is 5.64. The highest BCUT2D eigenvalue weighted by Gasteiger charge is 2.59. The lowest BCUT2D eigenvalue weighted by molar-refractivity contribution is -0.156. The van der Waals surface area contributed by atoms with Crippen LogP contribution in [0.15, 0.2) is 0 Å². The summed E-state index contributed by atoms with van der Waals surface area (Å²) < 4.78 is 55.1. The normalized spacial score (nSPS) is 46.8. The fourth-order valence-corrected chi connectivity index (χ4v) is 7.53. The van der Waals surface area contributed by atoms with Gasteiger partial charge in [0.05, 0.1) is 0 Å². The van der Waals surface area contributed by atoms with Crippen LogP contribution < -0.4 is 0 Å². The molecule has 0 heterocycles. The zero-order chi connectivity index (χ0) is 24.2. The van der Waals surface area contributed by atoms with Crippen LogP contribution in [0.3, 0.4) is 0 Å². The fraction of sp³-hybridized carbons (Fsp3) is 0.920. The van der Waals surface area contributed by atoms with E-state index in [1.54, 1.807) is 6.92 Å². The largest absolute Gasteiger partial charge is 0.396 e. The molecule has 4 rings (SSSR count). The van der Waals surface area contributed by atoms with Gasteiger partial charge >= 0.3 is 0 Å². The van der Waals surface area contributed by atoms with Crippen molar-refractivity contribution in [2.45, 2.75) is 78.6 Å². The topological polar surface area (TPSA) is 54.4 Å². The summed E-state index contributed by atoms with van der Waals surface area (Å²) >= 11 is 0. The maximum atomic E-state index is 13.8. The number of aliphatic hydroxyl groups is 1. The average molecular weight is 463 g/mol. The molecular weight excluding hydrogens is 424 g/mol. The average Bonchev–Trinajstić information content (AvgIpc) is 3.12. The van der Waals surface area contributed by atoms with Crippen molar-refractivity contribution in [3.8, 4) is 0 Å². The molecule has 0 spiro atoms. The molecule has 184 valence electrons. The molecule has 4 saturated carbocycles. The summed E-state index contributed by atoms with van der Waals surface area (Å²) in [5.74, 6) is -7.58. The lowest BCUT2D eigenvalue weighted by Crippen LogP contribution is -2.48. The first-order chi connectivity index (χ1) is 14.8. The number of Topliss-reactive ketones (excluding diaryl/α,β-unsaturated/α-hetero) is 2. The van der Waals surface area contributed by atoms with Crippen LogP contribution in [-0.4, -0.2) is 35.1 Å². The van der Waals surface area contributed by atoms with Crippen LogP contribution in [0.4, 0.5) is 17.6 Å².